The fraction of sp³-hybridized carbons (Fsp3) is 0.259. The number of hydrogen-bond donors (Lipinski definition) is 4. The fourth-order valence-electron chi connectivity index (χ4n) is 3.20. The van der Waals surface area contributed by atoms with Crippen molar-refractivity contribution in [1.29, 1.82) is 0 Å². The van der Waals surface area contributed by atoms with Crippen LogP contribution < -0.4 is 10.6 Å². The van der Waals surface area contributed by atoms with Crippen LogP contribution in [0.25, 0.3) is 0 Å². The molecule has 220 valence electrons. The third kappa shape index (κ3) is 12.0. The first-order chi connectivity index (χ1) is 19.4. The van der Waals surface area contributed by atoms with E-state index in [0.29, 0.717) is 13.2 Å². The molecule has 4 N–H and O–H groups in total. The Balaban J connectivity index is 0.000000745. The number of carboxylic acid groups (broad SMARTS) is 2. The van der Waals surface area contributed by atoms with E-state index in [9.17, 15) is 27.9 Å². The van der Waals surface area contributed by atoms with E-state index in [1.807, 2.05) is 42.5 Å². The molecule has 3 rings (SSSR count). The summed E-state index contributed by atoms with van der Waals surface area (Å²) in [5, 5.41) is 22.7. The lowest BCUT2D eigenvalue weighted by Gasteiger charge is -2.16. The summed E-state index contributed by atoms with van der Waals surface area (Å²) in [7, 11) is 0. The molecule has 0 saturated heterocycles. The van der Waals surface area contributed by atoms with Crippen LogP contribution in [-0.2, 0) is 27.4 Å². The number of aliphatic carboxylic acids is 2. The van der Waals surface area contributed by atoms with Crippen molar-refractivity contribution in [3.05, 3.63) is 93.6 Å². The van der Waals surface area contributed by atoms with Crippen molar-refractivity contribution in [1.82, 2.24) is 10.3 Å². The molecular weight excluding hydrogens is 590 g/mol. The fourth-order valence-corrected chi connectivity index (χ4v) is 3.77. The lowest BCUT2D eigenvalue weighted by molar-refractivity contribution is -0.192. The van der Waals surface area contributed by atoms with Gasteiger partial charge in [-0.15, -0.1) is 0 Å². The number of nitrogens with zero attached hydrogens (tertiary/aromatic N) is 1. The molecule has 0 radical (unpaired) electrons. The number of ether oxygens (including phenoxy) is 1. The van der Waals surface area contributed by atoms with Gasteiger partial charge in [-0.05, 0) is 41.8 Å². The van der Waals surface area contributed by atoms with Crippen LogP contribution in [-0.4, -0.2) is 58.4 Å². The monoisotopic (exact) mass is 615 g/mol. The number of aromatic nitrogens is 1. The summed E-state index contributed by atoms with van der Waals surface area (Å²) in [6.07, 6.45) is -2.39. The molecule has 0 spiro atoms. The highest BCUT2D eigenvalue weighted by molar-refractivity contribution is 6.39. The molecule has 14 heteroatoms. The summed E-state index contributed by atoms with van der Waals surface area (Å²) >= 11 is 12.1. The maximum Gasteiger partial charge on any atom is 0.490 e. The summed E-state index contributed by atoms with van der Waals surface area (Å²) in [4.78, 5) is 37.4. The number of halogens is 5. The van der Waals surface area contributed by atoms with Crippen LogP contribution in [0.15, 0.2) is 66.9 Å². The Bertz CT molecular complexity index is 1280. The zero-order chi connectivity index (χ0) is 30.4. The van der Waals surface area contributed by atoms with E-state index in [-0.39, 0.29) is 22.0 Å². The quantitative estimate of drug-likeness (QED) is 0.197. The summed E-state index contributed by atoms with van der Waals surface area (Å²) in [5.41, 5.74) is 1.79. The minimum absolute atomic E-state index is 0.0554. The van der Waals surface area contributed by atoms with Crippen molar-refractivity contribution < 1.29 is 42.5 Å². The number of amides is 1. The van der Waals surface area contributed by atoms with Crippen molar-refractivity contribution in [2.24, 2.45) is 0 Å². The second-order valence-corrected chi connectivity index (χ2v) is 9.15. The number of alkyl halides is 3. The van der Waals surface area contributed by atoms with Gasteiger partial charge >= 0.3 is 18.1 Å². The maximum atomic E-state index is 12.6. The molecule has 0 saturated carbocycles. The van der Waals surface area contributed by atoms with Gasteiger partial charge in [0.25, 0.3) is 5.91 Å². The van der Waals surface area contributed by atoms with Gasteiger partial charge in [0.2, 0.25) is 0 Å². The van der Waals surface area contributed by atoms with Crippen molar-refractivity contribution in [3.8, 4) is 0 Å². The Hall–Kier alpha value is -3.87. The summed E-state index contributed by atoms with van der Waals surface area (Å²) in [6, 6.07) is 16.7. The predicted molar refractivity (Wildman–Crippen MR) is 146 cm³/mol. The average Bonchev–Trinajstić information content (AvgIpc) is 2.91. The summed E-state index contributed by atoms with van der Waals surface area (Å²) in [6.45, 7) is 1.81. The number of pyridine rings is 1. The lowest BCUT2D eigenvalue weighted by Crippen LogP contribution is -2.42. The molecule has 2 aromatic carbocycles. The zero-order valence-electron chi connectivity index (χ0n) is 21.3. The first-order valence-corrected chi connectivity index (χ1v) is 12.7. The van der Waals surface area contributed by atoms with Gasteiger partial charge in [0.15, 0.2) is 0 Å². The van der Waals surface area contributed by atoms with Crippen LogP contribution in [0.3, 0.4) is 0 Å². The Morgan fingerprint density at radius 1 is 0.927 bits per heavy atom. The molecule has 3 aromatic rings. The predicted octanol–water partition coefficient (Wildman–Crippen LogP) is 5.47. The number of carboxylic acids is 2. The first-order valence-electron chi connectivity index (χ1n) is 12.0. The Kier molecular flexibility index (Phi) is 13.3. The summed E-state index contributed by atoms with van der Waals surface area (Å²) < 4.78 is 37.4. The minimum Gasteiger partial charge on any atom is -0.480 e. The average molecular weight is 616 g/mol. The van der Waals surface area contributed by atoms with Crippen molar-refractivity contribution in [2.45, 2.75) is 31.7 Å². The van der Waals surface area contributed by atoms with Gasteiger partial charge in [-0.1, -0.05) is 59.6 Å². The Labute approximate surface area is 243 Å². The number of benzene rings is 2. The number of rotatable bonds is 12. The van der Waals surface area contributed by atoms with Crippen LogP contribution in [0, 0.1) is 0 Å². The standard InChI is InChI=1S/C25H25Cl2N3O4.C2HF3O2/c26-19-5-3-6-20(27)23(19)24(31)30-21(25(32)33)15-17-8-10-18(11-9-17)16-34-14-4-13-29-22-7-1-2-12-28-22;3-2(4,5)1(6)7/h1-3,5-12,21H,4,13-16H2,(H,28,29)(H,30,31)(H,32,33);(H,6,7). The highest BCUT2D eigenvalue weighted by atomic mass is 35.5. The highest BCUT2D eigenvalue weighted by Crippen LogP contribution is 2.24. The Morgan fingerprint density at radius 2 is 1.54 bits per heavy atom. The Morgan fingerprint density at radius 3 is 2.07 bits per heavy atom. The molecule has 41 heavy (non-hydrogen) atoms. The molecule has 1 aromatic heterocycles. The third-order valence-electron chi connectivity index (χ3n) is 5.20. The lowest BCUT2D eigenvalue weighted by atomic mass is 10.0. The molecule has 0 fully saturated rings. The highest BCUT2D eigenvalue weighted by Gasteiger charge is 2.38. The number of carbonyl (C=O) groups is 3. The normalized spacial score (nSPS) is 11.5. The molecule has 1 atom stereocenters. The molecule has 1 unspecified atom stereocenters. The molecular formula is C27H26Cl2F3N3O6. The van der Waals surface area contributed by atoms with Gasteiger partial charge in [0, 0.05) is 25.8 Å². The van der Waals surface area contributed by atoms with Crippen LogP contribution >= 0.6 is 23.2 Å². The van der Waals surface area contributed by atoms with E-state index in [1.54, 1.807) is 12.3 Å². The number of nitrogens with one attached hydrogen (secondary N) is 2. The maximum absolute atomic E-state index is 12.6. The van der Waals surface area contributed by atoms with Crippen LogP contribution in [0.2, 0.25) is 10.0 Å². The number of carbonyl (C=O) groups excluding carboxylic acids is 1. The van der Waals surface area contributed by atoms with Crippen molar-refractivity contribution >= 4 is 46.9 Å². The summed E-state index contributed by atoms with van der Waals surface area (Å²) in [5.74, 6) is -3.70. The number of hydrogen-bond acceptors (Lipinski definition) is 6. The SMILES string of the molecule is O=C(NC(Cc1ccc(COCCCNc2ccccn2)cc1)C(=O)O)c1c(Cl)cccc1Cl.O=C(O)C(F)(F)F. The van der Waals surface area contributed by atoms with Gasteiger partial charge in [-0.3, -0.25) is 4.79 Å². The molecule has 9 nitrogen and oxygen atoms in total. The van der Waals surface area contributed by atoms with E-state index >= 15 is 0 Å². The van der Waals surface area contributed by atoms with Gasteiger partial charge in [0.05, 0.1) is 22.2 Å². The molecule has 1 heterocycles. The van der Waals surface area contributed by atoms with Gasteiger partial charge < -0.3 is 25.6 Å². The van der Waals surface area contributed by atoms with Crippen molar-refractivity contribution in [3.63, 3.8) is 0 Å². The van der Waals surface area contributed by atoms with Gasteiger partial charge in [-0.25, -0.2) is 14.6 Å². The first kappa shape index (κ1) is 33.3. The molecule has 1 amide bonds. The van der Waals surface area contributed by atoms with E-state index in [0.717, 1.165) is 29.9 Å². The molecule has 0 aliphatic rings. The van der Waals surface area contributed by atoms with E-state index < -0.39 is 30.1 Å². The van der Waals surface area contributed by atoms with Crippen molar-refractivity contribution in [2.75, 3.05) is 18.5 Å². The second kappa shape index (κ2) is 16.4. The molecule has 0 bridgehead atoms. The largest absolute Gasteiger partial charge is 0.490 e. The topological polar surface area (TPSA) is 138 Å². The van der Waals surface area contributed by atoms with E-state index in [2.05, 4.69) is 15.6 Å². The van der Waals surface area contributed by atoms with Crippen LogP contribution in [0.4, 0.5) is 19.0 Å². The van der Waals surface area contributed by atoms with Gasteiger partial charge in [0.1, 0.15) is 11.9 Å². The zero-order valence-corrected chi connectivity index (χ0v) is 22.8. The second-order valence-electron chi connectivity index (χ2n) is 8.33. The molecule has 0 aliphatic carbocycles. The smallest absolute Gasteiger partial charge is 0.480 e. The molecule has 0 aliphatic heterocycles. The van der Waals surface area contributed by atoms with Crippen LogP contribution in [0.1, 0.15) is 27.9 Å². The third-order valence-corrected chi connectivity index (χ3v) is 5.83. The minimum atomic E-state index is -5.08. The number of anilines is 1. The van der Waals surface area contributed by atoms with Crippen LogP contribution in [0.5, 0.6) is 0 Å². The van der Waals surface area contributed by atoms with Gasteiger partial charge in [-0.2, -0.15) is 13.2 Å². The van der Waals surface area contributed by atoms with E-state index in [1.165, 1.54) is 12.1 Å². The van der Waals surface area contributed by atoms with E-state index in [4.69, 9.17) is 37.8 Å².